The smallest absolute Gasteiger partial charge is 0.120 e. The van der Waals surface area contributed by atoms with Crippen LogP contribution in [0.15, 0.2) is 41.3 Å². The number of rotatable bonds is 3. The summed E-state index contributed by atoms with van der Waals surface area (Å²) in [7, 11) is 6.96. The molecule has 0 unspecified atom stereocenters. The molecule has 0 aliphatic carbocycles. The number of ether oxygens (including phenoxy) is 1. The van der Waals surface area contributed by atoms with Gasteiger partial charge in [-0.2, -0.15) is 0 Å². The summed E-state index contributed by atoms with van der Waals surface area (Å²) in [6.45, 7) is 4.05. The minimum Gasteiger partial charge on any atom is -0.491 e. The van der Waals surface area contributed by atoms with Gasteiger partial charge < -0.3 is 4.74 Å². The van der Waals surface area contributed by atoms with E-state index in [1.54, 1.807) is 0 Å². The van der Waals surface area contributed by atoms with E-state index >= 15 is 0 Å². The van der Waals surface area contributed by atoms with Gasteiger partial charge in [-0.05, 0) is 70.5 Å². The second kappa shape index (κ2) is 4.98. The van der Waals surface area contributed by atoms with Crippen molar-refractivity contribution in [2.75, 3.05) is 0 Å². The predicted octanol–water partition coefficient (Wildman–Crippen LogP) is 4.87. The highest BCUT2D eigenvalue weighted by Crippen LogP contribution is 2.28. The van der Waals surface area contributed by atoms with Crippen molar-refractivity contribution < 1.29 is 4.74 Å². The lowest BCUT2D eigenvalue weighted by Gasteiger charge is -2.10. The Labute approximate surface area is 104 Å². The van der Waals surface area contributed by atoms with Gasteiger partial charge >= 0.3 is 0 Å². The first-order valence-corrected chi connectivity index (χ1v) is 6.82. The minimum absolute atomic E-state index is 0.204. The van der Waals surface area contributed by atoms with Crippen LogP contribution in [0.2, 0.25) is 0 Å². The summed E-state index contributed by atoms with van der Waals surface area (Å²) in [5.41, 5.74) is 0. The van der Waals surface area contributed by atoms with E-state index in [-0.39, 0.29) is 6.10 Å². The lowest BCUT2D eigenvalue weighted by Crippen LogP contribution is -2.05. The second-order valence-corrected chi connectivity index (χ2v) is 5.00. The number of benzene rings is 2. The summed E-state index contributed by atoms with van der Waals surface area (Å²) in [6, 6.07) is 12.3. The molecule has 0 aliphatic heterocycles. The fourth-order valence-corrected chi connectivity index (χ4v) is 2.17. The van der Waals surface area contributed by atoms with Gasteiger partial charge in [-0.3, -0.25) is 0 Å². The van der Waals surface area contributed by atoms with E-state index in [1.807, 2.05) is 26.0 Å². The van der Waals surface area contributed by atoms with Gasteiger partial charge in [-0.1, -0.05) is 12.1 Å². The molecule has 2 aromatic carbocycles. The molecule has 2 aromatic rings. The van der Waals surface area contributed by atoms with E-state index in [4.69, 9.17) is 15.4 Å². The summed E-state index contributed by atoms with van der Waals surface area (Å²) in [4.78, 5) is 1.06. The molecule has 84 valence electrons. The highest BCUT2D eigenvalue weighted by atomic mass is 35.7. The van der Waals surface area contributed by atoms with Crippen LogP contribution in [0.4, 0.5) is 0 Å². The lowest BCUT2D eigenvalue weighted by atomic mass is 10.1. The summed E-state index contributed by atoms with van der Waals surface area (Å²) in [5.74, 6) is 0.911. The zero-order valence-electron chi connectivity index (χ0n) is 9.24. The molecular weight excluding hydrogens is 240 g/mol. The fourth-order valence-electron chi connectivity index (χ4n) is 1.60. The Morgan fingerprint density at radius 1 is 1.06 bits per heavy atom. The molecule has 0 atom stereocenters. The molecule has 0 saturated carbocycles. The molecular formula is C13H13ClOS. The van der Waals surface area contributed by atoms with Gasteiger partial charge in [0.1, 0.15) is 5.75 Å². The maximum atomic E-state index is 5.72. The molecule has 0 bridgehead atoms. The standard InChI is InChI=1S/C13H13ClOS/c1-9(2)15-12-5-3-11-8-13(16-14)6-4-10(11)7-12/h3-9H,1-2H3. The Morgan fingerprint density at radius 3 is 2.44 bits per heavy atom. The van der Waals surface area contributed by atoms with Gasteiger partial charge in [0.05, 0.1) is 6.10 Å². The van der Waals surface area contributed by atoms with Crippen LogP contribution in [0.5, 0.6) is 5.75 Å². The van der Waals surface area contributed by atoms with Crippen molar-refractivity contribution in [1.82, 2.24) is 0 Å². The summed E-state index contributed by atoms with van der Waals surface area (Å²) in [6.07, 6.45) is 0.204. The molecule has 2 rings (SSSR count). The van der Waals surface area contributed by atoms with Crippen LogP contribution in [0, 0.1) is 0 Å². The summed E-state index contributed by atoms with van der Waals surface area (Å²) < 4.78 is 5.65. The topological polar surface area (TPSA) is 9.23 Å². The van der Waals surface area contributed by atoms with Gasteiger partial charge in [0.15, 0.2) is 0 Å². The molecule has 0 aliphatic rings. The first kappa shape index (κ1) is 11.6. The van der Waals surface area contributed by atoms with Crippen LogP contribution in [0.1, 0.15) is 13.8 Å². The van der Waals surface area contributed by atoms with Gasteiger partial charge in [0, 0.05) is 4.90 Å². The first-order valence-electron chi connectivity index (χ1n) is 5.18. The van der Waals surface area contributed by atoms with Crippen molar-refractivity contribution in [3.8, 4) is 5.75 Å². The third-order valence-corrected chi connectivity index (χ3v) is 3.21. The van der Waals surface area contributed by atoms with E-state index in [0.717, 1.165) is 10.6 Å². The minimum atomic E-state index is 0.204. The van der Waals surface area contributed by atoms with E-state index in [9.17, 15) is 0 Å². The van der Waals surface area contributed by atoms with Crippen molar-refractivity contribution in [1.29, 1.82) is 0 Å². The Kier molecular flexibility index (Phi) is 3.62. The van der Waals surface area contributed by atoms with E-state index in [0.29, 0.717) is 0 Å². The van der Waals surface area contributed by atoms with Gasteiger partial charge in [-0.25, -0.2) is 0 Å². The molecule has 0 amide bonds. The maximum Gasteiger partial charge on any atom is 0.120 e. The van der Waals surface area contributed by atoms with E-state index < -0.39 is 0 Å². The third kappa shape index (κ3) is 2.63. The SMILES string of the molecule is CC(C)Oc1ccc2cc(SCl)ccc2c1. The molecule has 0 fully saturated rings. The van der Waals surface area contributed by atoms with Crippen LogP contribution in [-0.2, 0) is 0 Å². The normalized spacial score (nSPS) is 11.0. The van der Waals surface area contributed by atoms with Crippen molar-refractivity contribution in [3.63, 3.8) is 0 Å². The molecule has 3 heteroatoms. The summed E-state index contributed by atoms with van der Waals surface area (Å²) >= 11 is 0. The monoisotopic (exact) mass is 252 g/mol. The molecule has 16 heavy (non-hydrogen) atoms. The molecule has 0 aromatic heterocycles. The van der Waals surface area contributed by atoms with Gasteiger partial charge in [0.2, 0.25) is 0 Å². The first-order chi connectivity index (χ1) is 7.69. The van der Waals surface area contributed by atoms with Crippen LogP contribution >= 0.6 is 21.7 Å². The molecule has 0 radical (unpaired) electrons. The Hall–Kier alpha value is -0.860. The predicted molar refractivity (Wildman–Crippen MR) is 71.4 cm³/mol. The second-order valence-electron chi connectivity index (χ2n) is 3.91. The largest absolute Gasteiger partial charge is 0.491 e. The maximum absolute atomic E-state index is 5.72. The zero-order valence-corrected chi connectivity index (χ0v) is 10.8. The highest BCUT2D eigenvalue weighted by Gasteiger charge is 2.01. The average molecular weight is 253 g/mol. The number of hydrogen-bond acceptors (Lipinski definition) is 2. The molecule has 1 nitrogen and oxygen atoms in total. The van der Waals surface area contributed by atoms with Gasteiger partial charge in [-0.15, -0.1) is 0 Å². The highest BCUT2D eigenvalue weighted by molar-refractivity contribution is 8.21. The number of halogens is 1. The van der Waals surface area contributed by atoms with Gasteiger partial charge in [0.25, 0.3) is 0 Å². The van der Waals surface area contributed by atoms with E-state index in [2.05, 4.69) is 24.3 Å². The Bertz CT molecular complexity index is 496. The van der Waals surface area contributed by atoms with Crippen LogP contribution in [0.25, 0.3) is 10.8 Å². The lowest BCUT2D eigenvalue weighted by molar-refractivity contribution is 0.243. The third-order valence-electron chi connectivity index (χ3n) is 2.24. The van der Waals surface area contributed by atoms with Crippen LogP contribution in [0.3, 0.4) is 0 Å². The van der Waals surface area contributed by atoms with Crippen molar-refractivity contribution in [2.45, 2.75) is 24.8 Å². The number of fused-ring (bicyclic) bond motifs is 1. The fraction of sp³-hybridized carbons (Fsp3) is 0.231. The average Bonchev–Trinajstić information content (AvgIpc) is 2.27. The summed E-state index contributed by atoms with van der Waals surface area (Å²) in [5, 5.41) is 2.36. The molecule has 0 saturated heterocycles. The van der Waals surface area contributed by atoms with Crippen molar-refractivity contribution >= 4 is 32.4 Å². The van der Waals surface area contributed by atoms with Crippen molar-refractivity contribution in [3.05, 3.63) is 36.4 Å². The Morgan fingerprint density at radius 2 is 1.75 bits per heavy atom. The van der Waals surface area contributed by atoms with Crippen LogP contribution in [-0.4, -0.2) is 6.10 Å². The Balaban J connectivity index is 2.39. The zero-order chi connectivity index (χ0) is 11.5. The molecule has 0 heterocycles. The quantitative estimate of drug-likeness (QED) is 0.771. The van der Waals surface area contributed by atoms with Crippen LogP contribution < -0.4 is 4.74 Å². The number of hydrogen-bond donors (Lipinski definition) is 0. The molecule has 0 spiro atoms. The molecule has 0 N–H and O–H groups in total. The van der Waals surface area contributed by atoms with Crippen molar-refractivity contribution in [2.24, 2.45) is 0 Å². The van der Waals surface area contributed by atoms with E-state index in [1.165, 1.54) is 21.7 Å².